The number of hydrogen-bond acceptors (Lipinski definition) is 3. The van der Waals surface area contributed by atoms with Gasteiger partial charge in [-0.15, -0.1) is 0 Å². The Hall–Kier alpha value is -1.98. The molecule has 4 nitrogen and oxygen atoms in total. The van der Waals surface area contributed by atoms with Gasteiger partial charge in [-0.2, -0.15) is 0 Å². The summed E-state index contributed by atoms with van der Waals surface area (Å²) in [6.07, 6.45) is 3.35. The number of Topliss-reactive ketones (excluding diaryl/α,β-unsaturated/α-hetero) is 1. The third-order valence-electron chi connectivity index (χ3n) is 4.18. The number of rotatable bonds is 5. The highest BCUT2D eigenvalue weighted by Crippen LogP contribution is 2.23. The van der Waals surface area contributed by atoms with E-state index in [0.717, 1.165) is 18.4 Å². The fourth-order valence-corrected chi connectivity index (χ4v) is 3.94. The first-order chi connectivity index (χ1) is 11.0. The number of ketones is 1. The average molecular weight is 329 g/mol. The summed E-state index contributed by atoms with van der Waals surface area (Å²) in [5.74, 6) is -0.152. The van der Waals surface area contributed by atoms with Gasteiger partial charge in [0.15, 0.2) is 5.78 Å². The minimum Gasteiger partial charge on any atom is -0.295 e. The summed E-state index contributed by atoms with van der Waals surface area (Å²) in [5, 5.41) is 0. The van der Waals surface area contributed by atoms with Crippen LogP contribution in [0, 0.1) is 0 Å². The zero-order valence-corrected chi connectivity index (χ0v) is 13.8. The number of hydrogen-bond donors (Lipinski definition) is 1. The Balaban J connectivity index is 1.76. The topological polar surface area (TPSA) is 63.2 Å². The molecule has 0 saturated heterocycles. The maximum absolute atomic E-state index is 12.4. The molecule has 1 aliphatic carbocycles. The lowest BCUT2D eigenvalue weighted by molar-refractivity contribution is 0.101. The van der Waals surface area contributed by atoms with Crippen molar-refractivity contribution in [2.24, 2.45) is 0 Å². The molecule has 0 aliphatic heterocycles. The van der Waals surface area contributed by atoms with E-state index in [1.54, 1.807) is 12.1 Å². The van der Waals surface area contributed by atoms with Gasteiger partial charge in [0.1, 0.15) is 0 Å². The van der Waals surface area contributed by atoms with Crippen LogP contribution in [0.3, 0.4) is 0 Å². The van der Waals surface area contributed by atoms with E-state index in [9.17, 15) is 13.2 Å². The SMILES string of the molecule is CC(=O)c1cccc(S(=O)(=O)NCc2ccc3c(c2)CCC3)c1. The van der Waals surface area contributed by atoms with Crippen LogP contribution in [0.4, 0.5) is 0 Å². The van der Waals surface area contributed by atoms with E-state index in [4.69, 9.17) is 0 Å². The van der Waals surface area contributed by atoms with E-state index >= 15 is 0 Å². The number of benzene rings is 2. The average Bonchev–Trinajstić information content (AvgIpc) is 3.01. The van der Waals surface area contributed by atoms with Crippen molar-refractivity contribution in [1.82, 2.24) is 4.72 Å². The standard InChI is InChI=1S/C18H19NO3S/c1-13(20)16-5-3-7-18(11-16)23(21,22)19-12-14-8-9-15-4-2-6-17(15)10-14/h3,5,7-11,19H,2,4,6,12H2,1H3. The maximum Gasteiger partial charge on any atom is 0.240 e. The first-order valence-corrected chi connectivity index (χ1v) is 9.15. The Morgan fingerprint density at radius 2 is 1.87 bits per heavy atom. The molecule has 0 saturated carbocycles. The van der Waals surface area contributed by atoms with Crippen LogP contribution in [0.1, 0.15) is 40.4 Å². The van der Waals surface area contributed by atoms with Crippen molar-refractivity contribution in [3.63, 3.8) is 0 Å². The zero-order valence-electron chi connectivity index (χ0n) is 13.0. The van der Waals surface area contributed by atoms with E-state index < -0.39 is 10.0 Å². The number of nitrogens with one attached hydrogen (secondary N) is 1. The predicted molar refractivity (Wildman–Crippen MR) is 88.9 cm³/mol. The van der Waals surface area contributed by atoms with E-state index in [0.29, 0.717) is 5.56 Å². The molecule has 2 aromatic rings. The Morgan fingerprint density at radius 3 is 2.65 bits per heavy atom. The molecular weight excluding hydrogens is 310 g/mol. The number of aryl methyl sites for hydroxylation is 2. The van der Waals surface area contributed by atoms with Gasteiger partial charge in [0.25, 0.3) is 0 Å². The highest BCUT2D eigenvalue weighted by Gasteiger charge is 2.16. The first-order valence-electron chi connectivity index (χ1n) is 7.67. The van der Waals surface area contributed by atoms with E-state index in [1.807, 2.05) is 6.07 Å². The molecule has 0 aromatic heterocycles. The fourth-order valence-electron chi connectivity index (χ4n) is 2.88. The molecule has 0 radical (unpaired) electrons. The molecule has 5 heteroatoms. The molecule has 0 unspecified atom stereocenters. The van der Waals surface area contributed by atoms with Crippen LogP contribution in [0.5, 0.6) is 0 Å². The summed E-state index contributed by atoms with van der Waals surface area (Å²) in [6.45, 7) is 1.67. The van der Waals surface area contributed by atoms with Crippen LogP contribution in [0.25, 0.3) is 0 Å². The summed E-state index contributed by atoms with van der Waals surface area (Å²) in [4.78, 5) is 11.5. The second-order valence-corrected chi connectivity index (χ2v) is 7.63. The highest BCUT2D eigenvalue weighted by atomic mass is 32.2. The second-order valence-electron chi connectivity index (χ2n) is 5.87. The summed E-state index contributed by atoms with van der Waals surface area (Å²) in [5.41, 5.74) is 4.04. The summed E-state index contributed by atoms with van der Waals surface area (Å²) in [7, 11) is -3.63. The monoisotopic (exact) mass is 329 g/mol. The summed E-state index contributed by atoms with van der Waals surface area (Å²) < 4.78 is 27.4. The van der Waals surface area contributed by atoms with Gasteiger partial charge in [-0.25, -0.2) is 13.1 Å². The van der Waals surface area contributed by atoms with Crippen LogP contribution in [-0.2, 0) is 29.4 Å². The van der Waals surface area contributed by atoms with Crippen molar-refractivity contribution >= 4 is 15.8 Å². The lowest BCUT2D eigenvalue weighted by Crippen LogP contribution is -2.23. The van der Waals surface area contributed by atoms with Gasteiger partial charge in [-0.1, -0.05) is 30.3 Å². The predicted octanol–water partition coefficient (Wildman–Crippen LogP) is 2.86. The van der Waals surface area contributed by atoms with Crippen molar-refractivity contribution in [3.8, 4) is 0 Å². The Morgan fingerprint density at radius 1 is 1.09 bits per heavy atom. The van der Waals surface area contributed by atoms with Crippen molar-refractivity contribution in [3.05, 3.63) is 64.7 Å². The zero-order chi connectivity index (χ0) is 16.4. The van der Waals surface area contributed by atoms with Crippen molar-refractivity contribution in [2.45, 2.75) is 37.6 Å². The first kappa shape index (κ1) is 15.9. The molecule has 0 amide bonds. The largest absolute Gasteiger partial charge is 0.295 e. The maximum atomic E-state index is 12.4. The third-order valence-corrected chi connectivity index (χ3v) is 5.58. The molecule has 0 bridgehead atoms. The van der Waals surface area contributed by atoms with Crippen LogP contribution in [-0.4, -0.2) is 14.2 Å². The van der Waals surface area contributed by atoms with E-state index in [2.05, 4.69) is 16.9 Å². The molecule has 1 aliphatic rings. The van der Waals surface area contributed by atoms with Gasteiger partial charge in [0.05, 0.1) is 4.90 Å². The van der Waals surface area contributed by atoms with Crippen molar-refractivity contribution in [1.29, 1.82) is 0 Å². The van der Waals surface area contributed by atoms with Gasteiger partial charge >= 0.3 is 0 Å². The van der Waals surface area contributed by atoms with Crippen LogP contribution in [0.15, 0.2) is 47.4 Å². The second kappa shape index (κ2) is 6.26. The molecular formula is C18H19NO3S. The van der Waals surface area contributed by atoms with Gasteiger partial charge in [-0.3, -0.25) is 4.79 Å². The van der Waals surface area contributed by atoms with Crippen LogP contribution >= 0.6 is 0 Å². The minimum absolute atomic E-state index is 0.117. The number of fused-ring (bicyclic) bond motifs is 1. The third kappa shape index (κ3) is 3.51. The number of carbonyl (C=O) groups excluding carboxylic acids is 1. The quantitative estimate of drug-likeness (QED) is 0.858. The molecule has 120 valence electrons. The minimum atomic E-state index is -3.63. The van der Waals surface area contributed by atoms with Crippen molar-refractivity contribution < 1.29 is 13.2 Å². The molecule has 0 heterocycles. The normalized spacial score (nSPS) is 13.8. The molecule has 23 heavy (non-hydrogen) atoms. The van der Waals surface area contributed by atoms with Gasteiger partial charge in [-0.05, 0) is 55.0 Å². The van der Waals surface area contributed by atoms with Gasteiger partial charge in [0, 0.05) is 12.1 Å². The Bertz CT molecular complexity index is 856. The molecule has 0 fully saturated rings. The fraction of sp³-hybridized carbons (Fsp3) is 0.278. The molecule has 0 atom stereocenters. The van der Waals surface area contributed by atoms with Crippen LogP contribution in [0.2, 0.25) is 0 Å². The molecule has 2 aromatic carbocycles. The number of carbonyl (C=O) groups is 1. The van der Waals surface area contributed by atoms with E-state index in [1.165, 1.54) is 36.6 Å². The van der Waals surface area contributed by atoms with Crippen LogP contribution < -0.4 is 4.72 Å². The van der Waals surface area contributed by atoms with E-state index in [-0.39, 0.29) is 17.2 Å². The number of sulfonamides is 1. The molecule has 1 N–H and O–H groups in total. The van der Waals surface area contributed by atoms with Crippen molar-refractivity contribution in [2.75, 3.05) is 0 Å². The lowest BCUT2D eigenvalue weighted by Gasteiger charge is -2.09. The highest BCUT2D eigenvalue weighted by molar-refractivity contribution is 7.89. The Kier molecular flexibility index (Phi) is 4.33. The molecule has 3 rings (SSSR count). The summed E-state index contributed by atoms with van der Waals surface area (Å²) >= 11 is 0. The smallest absolute Gasteiger partial charge is 0.240 e. The van der Waals surface area contributed by atoms with Gasteiger partial charge < -0.3 is 0 Å². The Labute approximate surface area is 136 Å². The summed E-state index contributed by atoms with van der Waals surface area (Å²) in [6, 6.07) is 12.2. The lowest BCUT2D eigenvalue weighted by atomic mass is 10.1. The molecule has 0 spiro atoms. The van der Waals surface area contributed by atoms with Gasteiger partial charge in [0.2, 0.25) is 10.0 Å².